The normalized spacial score (nSPS) is 18.1. The summed E-state index contributed by atoms with van der Waals surface area (Å²) in [5.74, 6) is -1.20. The third-order valence-electron chi connectivity index (χ3n) is 5.31. The van der Waals surface area contributed by atoms with Crippen molar-refractivity contribution in [1.29, 1.82) is 0 Å². The molecule has 1 N–H and O–H groups in total. The number of aryl methyl sites for hydroxylation is 2. The molecule has 1 aliphatic carbocycles. The van der Waals surface area contributed by atoms with E-state index in [4.69, 9.17) is 4.74 Å². The Hall–Kier alpha value is -2.67. The highest BCUT2D eigenvalue weighted by molar-refractivity contribution is 7.14. The standard InChI is InChI=1S/C21H22N2O4S/c1-12(27-19(25)17-11-13-7-6-10-16(13)28-17)18(24)23-15-9-5-4-8-14(15)22-20(26)21(23,2)3/h4-5,8-9,11-12H,6-7,10H2,1-3H3,(H,22,26)/t12-/m0/s1. The van der Waals surface area contributed by atoms with Gasteiger partial charge in [-0.1, -0.05) is 12.1 Å². The van der Waals surface area contributed by atoms with Gasteiger partial charge in [0, 0.05) is 4.88 Å². The van der Waals surface area contributed by atoms with Crippen molar-refractivity contribution in [3.8, 4) is 0 Å². The smallest absolute Gasteiger partial charge is 0.349 e. The fraction of sp³-hybridized carbons (Fsp3) is 0.381. The number of esters is 1. The molecule has 1 aromatic carbocycles. The van der Waals surface area contributed by atoms with Gasteiger partial charge < -0.3 is 10.1 Å². The predicted octanol–water partition coefficient (Wildman–Crippen LogP) is 3.55. The lowest BCUT2D eigenvalue weighted by Gasteiger charge is -2.42. The van der Waals surface area contributed by atoms with E-state index in [2.05, 4.69) is 5.32 Å². The first kappa shape index (κ1) is 18.7. The van der Waals surface area contributed by atoms with Crippen molar-refractivity contribution in [2.24, 2.45) is 0 Å². The molecular formula is C21H22N2O4S. The van der Waals surface area contributed by atoms with Crippen molar-refractivity contribution in [2.45, 2.75) is 51.7 Å². The van der Waals surface area contributed by atoms with Gasteiger partial charge in [0.1, 0.15) is 10.4 Å². The molecule has 0 spiro atoms. The largest absolute Gasteiger partial charge is 0.448 e. The van der Waals surface area contributed by atoms with Crippen molar-refractivity contribution in [2.75, 3.05) is 10.2 Å². The minimum atomic E-state index is -1.10. The summed E-state index contributed by atoms with van der Waals surface area (Å²) in [6.45, 7) is 4.90. The number of para-hydroxylation sites is 2. The molecule has 0 radical (unpaired) electrons. The molecule has 0 saturated heterocycles. The summed E-state index contributed by atoms with van der Waals surface area (Å²) in [7, 11) is 0. The van der Waals surface area contributed by atoms with Crippen LogP contribution >= 0.6 is 11.3 Å². The number of ether oxygens (including phenoxy) is 1. The minimum absolute atomic E-state index is 0.284. The third-order valence-corrected chi connectivity index (χ3v) is 6.52. The maximum atomic E-state index is 13.2. The van der Waals surface area contributed by atoms with E-state index in [-0.39, 0.29) is 5.91 Å². The molecular weight excluding hydrogens is 376 g/mol. The quantitative estimate of drug-likeness (QED) is 0.803. The van der Waals surface area contributed by atoms with Crippen LogP contribution in [-0.2, 0) is 27.2 Å². The number of benzene rings is 1. The summed E-state index contributed by atoms with van der Waals surface area (Å²) >= 11 is 1.44. The number of nitrogens with one attached hydrogen (secondary N) is 1. The number of amides is 2. The van der Waals surface area contributed by atoms with Crippen molar-refractivity contribution in [3.63, 3.8) is 0 Å². The molecule has 7 heteroatoms. The molecule has 146 valence electrons. The lowest BCUT2D eigenvalue weighted by atomic mass is 9.95. The van der Waals surface area contributed by atoms with Gasteiger partial charge in [-0.25, -0.2) is 4.79 Å². The number of hydrogen-bond donors (Lipinski definition) is 1. The van der Waals surface area contributed by atoms with Gasteiger partial charge in [0.15, 0.2) is 6.10 Å². The van der Waals surface area contributed by atoms with Crippen LogP contribution in [0.4, 0.5) is 11.4 Å². The number of anilines is 2. The summed E-state index contributed by atoms with van der Waals surface area (Å²) in [5.41, 5.74) is 1.26. The van der Waals surface area contributed by atoms with Crippen LogP contribution in [0, 0.1) is 0 Å². The maximum Gasteiger partial charge on any atom is 0.349 e. The van der Waals surface area contributed by atoms with Gasteiger partial charge in [0.05, 0.1) is 11.4 Å². The zero-order valence-electron chi connectivity index (χ0n) is 16.1. The van der Waals surface area contributed by atoms with Gasteiger partial charge in [-0.3, -0.25) is 14.5 Å². The minimum Gasteiger partial charge on any atom is -0.448 e. The number of rotatable bonds is 3. The first-order chi connectivity index (χ1) is 13.3. The lowest BCUT2D eigenvalue weighted by molar-refractivity contribution is -0.131. The fourth-order valence-electron chi connectivity index (χ4n) is 3.73. The molecule has 4 rings (SSSR count). The molecule has 1 aromatic heterocycles. The van der Waals surface area contributed by atoms with E-state index in [9.17, 15) is 14.4 Å². The number of hydrogen-bond acceptors (Lipinski definition) is 5. The van der Waals surface area contributed by atoms with Crippen LogP contribution in [0.1, 0.15) is 47.3 Å². The zero-order chi connectivity index (χ0) is 20.1. The van der Waals surface area contributed by atoms with E-state index >= 15 is 0 Å². The molecule has 2 amide bonds. The Labute approximate surface area is 167 Å². The highest BCUT2D eigenvalue weighted by Gasteiger charge is 2.45. The molecule has 2 aromatic rings. The van der Waals surface area contributed by atoms with Gasteiger partial charge in [0.2, 0.25) is 5.91 Å². The fourth-order valence-corrected chi connectivity index (χ4v) is 4.86. The van der Waals surface area contributed by atoms with E-state index in [1.54, 1.807) is 45.0 Å². The number of fused-ring (bicyclic) bond motifs is 2. The van der Waals surface area contributed by atoms with E-state index in [0.29, 0.717) is 16.3 Å². The van der Waals surface area contributed by atoms with Crippen LogP contribution in [-0.4, -0.2) is 29.4 Å². The Morgan fingerprint density at radius 1 is 1.25 bits per heavy atom. The van der Waals surface area contributed by atoms with Crippen LogP contribution in [0.5, 0.6) is 0 Å². The summed E-state index contributed by atoms with van der Waals surface area (Å²) in [4.78, 5) is 41.5. The summed E-state index contributed by atoms with van der Waals surface area (Å²) in [5, 5.41) is 2.82. The Morgan fingerprint density at radius 3 is 2.75 bits per heavy atom. The van der Waals surface area contributed by atoms with E-state index in [1.165, 1.54) is 26.7 Å². The molecule has 6 nitrogen and oxygen atoms in total. The second-order valence-electron chi connectivity index (χ2n) is 7.66. The number of nitrogens with zero attached hydrogens (tertiary/aromatic N) is 1. The molecule has 0 bridgehead atoms. The Kier molecular flexibility index (Phi) is 4.50. The van der Waals surface area contributed by atoms with E-state index in [1.807, 2.05) is 6.07 Å². The monoisotopic (exact) mass is 398 g/mol. The van der Waals surface area contributed by atoms with Gasteiger partial charge in [-0.2, -0.15) is 0 Å². The van der Waals surface area contributed by atoms with Gasteiger partial charge in [-0.05, 0) is 63.8 Å². The second kappa shape index (κ2) is 6.74. The maximum absolute atomic E-state index is 13.2. The first-order valence-electron chi connectivity index (χ1n) is 9.36. The highest BCUT2D eigenvalue weighted by atomic mass is 32.1. The molecule has 1 aliphatic heterocycles. The molecule has 2 heterocycles. The Balaban J connectivity index is 1.57. The van der Waals surface area contributed by atoms with Crippen LogP contribution in [0.25, 0.3) is 0 Å². The summed E-state index contributed by atoms with van der Waals surface area (Å²) in [6, 6.07) is 8.98. The SMILES string of the molecule is C[C@H](OC(=O)c1cc2c(s1)CCC2)C(=O)N1c2ccccc2NC(=O)C1(C)C. The lowest BCUT2D eigenvalue weighted by Crippen LogP contribution is -2.60. The zero-order valence-corrected chi connectivity index (χ0v) is 16.9. The third kappa shape index (κ3) is 2.99. The average molecular weight is 398 g/mol. The van der Waals surface area contributed by atoms with Crippen LogP contribution in [0.15, 0.2) is 30.3 Å². The molecule has 28 heavy (non-hydrogen) atoms. The molecule has 2 aliphatic rings. The van der Waals surface area contributed by atoms with Gasteiger partial charge in [-0.15, -0.1) is 11.3 Å². The van der Waals surface area contributed by atoms with Crippen molar-refractivity contribution >= 4 is 40.5 Å². The van der Waals surface area contributed by atoms with Gasteiger partial charge >= 0.3 is 5.97 Å². The van der Waals surface area contributed by atoms with E-state index < -0.39 is 23.5 Å². The van der Waals surface area contributed by atoms with Gasteiger partial charge in [0.25, 0.3) is 5.91 Å². The Morgan fingerprint density at radius 2 is 2.00 bits per heavy atom. The van der Waals surface area contributed by atoms with Crippen molar-refractivity contribution in [3.05, 3.63) is 45.6 Å². The topological polar surface area (TPSA) is 75.7 Å². The predicted molar refractivity (Wildman–Crippen MR) is 108 cm³/mol. The number of thiophene rings is 1. The molecule has 0 fully saturated rings. The molecule has 1 atom stereocenters. The van der Waals surface area contributed by atoms with E-state index in [0.717, 1.165) is 19.3 Å². The Bertz CT molecular complexity index is 957. The number of carbonyl (C=O) groups excluding carboxylic acids is 3. The van der Waals surface area contributed by atoms with Crippen LogP contribution in [0.3, 0.4) is 0 Å². The molecule has 0 saturated carbocycles. The summed E-state index contributed by atoms with van der Waals surface area (Å²) in [6.07, 6.45) is 2.09. The molecule has 0 unspecified atom stereocenters. The second-order valence-corrected chi connectivity index (χ2v) is 8.80. The average Bonchev–Trinajstić information content (AvgIpc) is 3.24. The van der Waals surface area contributed by atoms with Crippen molar-refractivity contribution < 1.29 is 19.1 Å². The van der Waals surface area contributed by atoms with Crippen molar-refractivity contribution in [1.82, 2.24) is 0 Å². The first-order valence-corrected chi connectivity index (χ1v) is 10.2. The van der Waals surface area contributed by atoms with Crippen LogP contribution in [0.2, 0.25) is 0 Å². The number of carbonyl (C=O) groups is 3. The summed E-state index contributed by atoms with van der Waals surface area (Å²) < 4.78 is 5.48. The van der Waals surface area contributed by atoms with Crippen LogP contribution < -0.4 is 10.2 Å². The highest BCUT2D eigenvalue weighted by Crippen LogP contribution is 2.37.